The largest absolute Gasteiger partial charge is 0.285 e. The Labute approximate surface area is 83.2 Å². The van der Waals surface area contributed by atoms with Gasteiger partial charge in [-0.15, -0.1) is 0 Å². The molecule has 0 spiro atoms. The molecule has 1 aromatic rings. The number of ketones is 1. The maximum Gasteiger partial charge on any atom is 0.202 e. The SMILES string of the molecule is CC(=O)C#Cc1ccc(C#N)cc1C. The molecule has 1 rings (SSSR count). The highest BCUT2D eigenvalue weighted by Gasteiger charge is 1.96. The van der Waals surface area contributed by atoms with Gasteiger partial charge in [0.25, 0.3) is 0 Å². The molecule has 1 aromatic carbocycles. The summed E-state index contributed by atoms with van der Waals surface area (Å²) in [6.07, 6.45) is 0. The van der Waals surface area contributed by atoms with Gasteiger partial charge in [-0.2, -0.15) is 5.26 Å². The zero-order valence-electron chi connectivity index (χ0n) is 8.09. The summed E-state index contributed by atoms with van der Waals surface area (Å²) in [5, 5.41) is 8.63. The second-order valence-electron chi connectivity index (χ2n) is 2.95. The maximum atomic E-state index is 10.6. The van der Waals surface area contributed by atoms with Crippen LogP contribution in [0, 0.1) is 30.1 Å². The van der Waals surface area contributed by atoms with Crippen LogP contribution in [0.5, 0.6) is 0 Å². The Morgan fingerprint density at radius 3 is 2.64 bits per heavy atom. The monoisotopic (exact) mass is 183 g/mol. The number of rotatable bonds is 0. The predicted octanol–water partition coefficient (Wildman–Crippen LogP) is 1.81. The van der Waals surface area contributed by atoms with Gasteiger partial charge in [0.15, 0.2) is 0 Å². The van der Waals surface area contributed by atoms with Crippen molar-refractivity contribution >= 4 is 5.78 Å². The van der Waals surface area contributed by atoms with Crippen molar-refractivity contribution in [2.75, 3.05) is 0 Å². The molecule has 2 heteroatoms. The normalized spacial score (nSPS) is 8.36. The molecular formula is C12H9NO. The van der Waals surface area contributed by atoms with E-state index in [4.69, 9.17) is 5.26 Å². The molecule has 0 saturated carbocycles. The van der Waals surface area contributed by atoms with Crippen LogP contribution in [0.1, 0.15) is 23.6 Å². The Kier molecular flexibility index (Phi) is 3.05. The van der Waals surface area contributed by atoms with Gasteiger partial charge in [0.1, 0.15) is 0 Å². The fourth-order valence-electron chi connectivity index (χ4n) is 1.03. The molecule has 0 amide bonds. The quantitative estimate of drug-likeness (QED) is 0.575. The lowest BCUT2D eigenvalue weighted by atomic mass is 10.1. The summed E-state index contributed by atoms with van der Waals surface area (Å²) in [5.41, 5.74) is 2.31. The molecule has 0 aliphatic rings. The zero-order valence-corrected chi connectivity index (χ0v) is 8.09. The third-order valence-electron chi connectivity index (χ3n) is 1.73. The van der Waals surface area contributed by atoms with E-state index in [1.165, 1.54) is 6.92 Å². The summed E-state index contributed by atoms with van der Waals surface area (Å²) in [6.45, 7) is 3.29. The van der Waals surface area contributed by atoms with E-state index < -0.39 is 0 Å². The minimum atomic E-state index is -0.159. The fourth-order valence-corrected chi connectivity index (χ4v) is 1.03. The summed E-state index contributed by atoms with van der Waals surface area (Å²) < 4.78 is 0. The lowest BCUT2D eigenvalue weighted by Crippen LogP contribution is -1.86. The minimum absolute atomic E-state index is 0.159. The van der Waals surface area contributed by atoms with Crippen LogP contribution in [0.2, 0.25) is 0 Å². The molecule has 14 heavy (non-hydrogen) atoms. The van der Waals surface area contributed by atoms with E-state index in [9.17, 15) is 4.79 Å². The third-order valence-corrected chi connectivity index (χ3v) is 1.73. The smallest absolute Gasteiger partial charge is 0.202 e. The van der Waals surface area contributed by atoms with Gasteiger partial charge in [-0.05, 0) is 36.6 Å². The van der Waals surface area contributed by atoms with Crippen molar-refractivity contribution in [2.24, 2.45) is 0 Å². The van der Waals surface area contributed by atoms with E-state index in [-0.39, 0.29) is 5.78 Å². The molecule has 0 aromatic heterocycles. The van der Waals surface area contributed by atoms with Gasteiger partial charge >= 0.3 is 0 Å². The van der Waals surface area contributed by atoms with Crippen LogP contribution in [0.25, 0.3) is 0 Å². The lowest BCUT2D eigenvalue weighted by molar-refractivity contribution is -0.111. The van der Waals surface area contributed by atoms with Crippen LogP contribution < -0.4 is 0 Å². The zero-order chi connectivity index (χ0) is 10.6. The minimum Gasteiger partial charge on any atom is -0.285 e. The van der Waals surface area contributed by atoms with Crippen molar-refractivity contribution in [3.05, 3.63) is 34.9 Å². The highest BCUT2D eigenvalue weighted by atomic mass is 16.1. The summed E-state index contributed by atoms with van der Waals surface area (Å²) in [6, 6.07) is 7.24. The number of aryl methyl sites for hydroxylation is 1. The first-order valence-electron chi connectivity index (χ1n) is 4.17. The predicted molar refractivity (Wildman–Crippen MR) is 53.5 cm³/mol. The van der Waals surface area contributed by atoms with Gasteiger partial charge in [-0.3, -0.25) is 4.79 Å². The number of hydrogen-bond donors (Lipinski definition) is 0. The van der Waals surface area contributed by atoms with E-state index >= 15 is 0 Å². The van der Waals surface area contributed by atoms with E-state index in [2.05, 4.69) is 11.8 Å². The first kappa shape index (κ1) is 10.0. The van der Waals surface area contributed by atoms with Crippen molar-refractivity contribution in [1.29, 1.82) is 5.26 Å². The van der Waals surface area contributed by atoms with Crippen LogP contribution in [0.3, 0.4) is 0 Å². The van der Waals surface area contributed by atoms with Crippen LogP contribution in [-0.4, -0.2) is 5.78 Å². The summed E-state index contributed by atoms with van der Waals surface area (Å²) in [5.74, 6) is 5.06. The first-order valence-corrected chi connectivity index (χ1v) is 4.17. The molecule has 0 N–H and O–H groups in total. The Bertz CT molecular complexity index is 469. The highest BCUT2D eigenvalue weighted by Crippen LogP contribution is 2.08. The van der Waals surface area contributed by atoms with E-state index in [0.717, 1.165) is 11.1 Å². The van der Waals surface area contributed by atoms with Gasteiger partial charge in [-0.25, -0.2) is 0 Å². The Balaban J connectivity index is 3.10. The molecule has 0 heterocycles. The molecular weight excluding hydrogens is 174 g/mol. The van der Waals surface area contributed by atoms with Gasteiger partial charge < -0.3 is 0 Å². The van der Waals surface area contributed by atoms with Gasteiger partial charge in [-0.1, -0.05) is 5.92 Å². The van der Waals surface area contributed by atoms with Crippen molar-refractivity contribution in [1.82, 2.24) is 0 Å². The topological polar surface area (TPSA) is 40.9 Å². The molecule has 68 valence electrons. The Morgan fingerprint density at radius 2 is 2.14 bits per heavy atom. The summed E-state index contributed by atoms with van der Waals surface area (Å²) in [4.78, 5) is 10.6. The number of nitrogens with zero attached hydrogens (tertiary/aromatic N) is 1. The van der Waals surface area contributed by atoms with Crippen molar-refractivity contribution in [3.63, 3.8) is 0 Å². The average molecular weight is 183 g/mol. The molecule has 2 nitrogen and oxygen atoms in total. The van der Waals surface area contributed by atoms with Crippen molar-refractivity contribution in [2.45, 2.75) is 13.8 Å². The van der Waals surface area contributed by atoms with Crippen molar-refractivity contribution in [3.8, 4) is 17.9 Å². The fraction of sp³-hybridized carbons (Fsp3) is 0.167. The maximum absolute atomic E-state index is 10.6. The van der Waals surface area contributed by atoms with Gasteiger partial charge in [0, 0.05) is 12.5 Å². The summed E-state index contributed by atoms with van der Waals surface area (Å²) in [7, 11) is 0. The number of Topliss-reactive ketones (excluding diaryl/α,β-unsaturated/α-hetero) is 1. The number of carbonyl (C=O) groups is 1. The van der Waals surface area contributed by atoms with E-state index in [1.807, 2.05) is 13.0 Å². The Morgan fingerprint density at radius 1 is 1.43 bits per heavy atom. The average Bonchev–Trinajstić information content (AvgIpc) is 2.15. The van der Waals surface area contributed by atoms with Gasteiger partial charge in [0.05, 0.1) is 11.6 Å². The standard InChI is InChI=1S/C12H9NO/c1-9-7-11(8-13)4-6-12(9)5-3-10(2)14/h4,6-7H,1-2H3. The number of benzene rings is 1. The highest BCUT2D eigenvalue weighted by molar-refractivity contribution is 5.93. The third kappa shape index (κ3) is 2.47. The summed E-state index contributed by atoms with van der Waals surface area (Å²) >= 11 is 0. The molecule has 0 fully saturated rings. The molecule has 0 radical (unpaired) electrons. The second kappa shape index (κ2) is 4.25. The first-order chi connectivity index (χ1) is 6.63. The number of carbonyl (C=O) groups excluding carboxylic acids is 1. The van der Waals surface area contributed by atoms with E-state index in [0.29, 0.717) is 5.56 Å². The number of hydrogen-bond acceptors (Lipinski definition) is 2. The molecule has 0 atom stereocenters. The van der Waals surface area contributed by atoms with Gasteiger partial charge in [0.2, 0.25) is 5.78 Å². The molecule has 0 unspecified atom stereocenters. The van der Waals surface area contributed by atoms with Crippen LogP contribution >= 0.6 is 0 Å². The van der Waals surface area contributed by atoms with Crippen LogP contribution in [-0.2, 0) is 4.79 Å². The van der Waals surface area contributed by atoms with E-state index in [1.54, 1.807) is 18.2 Å². The molecule has 0 saturated heterocycles. The van der Waals surface area contributed by atoms with Crippen LogP contribution in [0.15, 0.2) is 18.2 Å². The van der Waals surface area contributed by atoms with Crippen LogP contribution in [0.4, 0.5) is 0 Å². The molecule has 0 aliphatic heterocycles. The second-order valence-corrected chi connectivity index (χ2v) is 2.95. The molecule has 0 bridgehead atoms. The lowest BCUT2D eigenvalue weighted by Gasteiger charge is -1.96. The number of nitriles is 1. The Hall–Kier alpha value is -2.06. The van der Waals surface area contributed by atoms with Crippen molar-refractivity contribution < 1.29 is 4.79 Å². The molecule has 0 aliphatic carbocycles.